The van der Waals surface area contributed by atoms with Gasteiger partial charge in [-0.05, 0) is 42.2 Å². The van der Waals surface area contributed by atoms with E-state index in [9.17, 15) is 4.79 Å². The molecule has 5 nitrogen and oxygen atoms in total. The quantitative estimate of drug-likeness (QED) is 0.552. The molecule has 6 heteroatoms. The molecule has 1 heterocycles. The Hall–Kier alpha value is -2.53. The fourth-order valence-corrected chi connectivity index (χ4v) is 3.48. The standard InChI is InChI=1S/C22H27ClN4O/c1-2-24-22(26-15-18-7-4-9-20(23)13-18)25-14-17-6-3-8-19(12-17)16-27-11-5-10-21(27)28/h3-4,6-9,12-13H,2,5,10-11,14-16H2,1H3,(H2,24,25,26). The SMILES string of the molecule is CCNC(=NCc1cccc(CN2CCCC2=O)c1)NCc1cccc(Cl)c1. The molecule has 2 N–H and O–H groups in total. The molecule has 0 spiro atoms. The van der Waals surface area contributed by atoms with Gasteiger partial charge in [0.15, 0.2) is 5.96 Å². The third-order valence-electron chi connectivity index (χ3n) is 4.65. The number of amides is 1. The Bertz CT molecular complexity index is 837. The first-order chi connectivity index (χ1) is 13.6. The molecule has 1 fully saturated rings. The molecule has 1 aliphatic rings. The van der Waals surface area contributed by atoms with Crippen molar-refractivity contribution in [3.8, 4) is 0 Å². The van der Waals surface area contributed by atoms with E-state index in [0.717, 1.165) is 47.2 Å². The average molecular weight is 399 g/mol. The number of hydrogen-bond donors (Lipinski definition) is 2. The zero-order valence-electron chi connectivity index (χ0n) is 16.2. The van der Waals surface area contributed by atoms with Crippen LogP contribution in [0, 0.1) is 0 Å². The molecule has 0 atom stereocenters. The molecule has 0 unspecified atom stereocenters. The summed E-state index contributed by atoms with van der Waals surface area (Å²) in [5.74, 6) is 1.02. The molecule has 3 rings (SSSR count). The molecule has 28 heavy (non-hydrogen) atoms. The van der Waals surface area contributed by atoms with Crippen LogP contribution in [0.25, 0.3) is 0 Å². The minimum atomic E-state index is 0.253. The first kappa shape index (κ1) is 20.2. The van der Waals surface area contributed by atoms with Crippen LogP contribution in [0.15, 0.2) is 53.5 Å². The number of benzene rings is 2. The second-order valence-electron chi connectivity index (χ2n) is 6.92. The Balaban J connectivity index is 1.60. The van der Waals surface area contributed by atoms with Crippen molar-refractivity contribution in [2.75, 3.05) is 13.1 Å². The monoisotopic (exact) mass is 398 g/mol. The number of aliphatic imine (C=N–C) groups is 1. The Morgan fingerprint density at radius 3 is 2.64 bits per heavy atom. The third kappa shape index (κ3) is 5.99. The molecule has 2 aromatic carbocycles. The number of guanidine groups is 1. The van der Waals surface area contributed by atoms with Crippen molar-refractivity contribution < 1.29 is 4.79 Å². The molecule has 0 aromatic heterocycles. The third-order valence-corrected chi connectivity index (χ3v) is 4.88. The topological polar surface area (TPSA) is 56.7 Å². The van der Waals surface area contributed by atoms with E-state index in [0.29, 0.717) is 26.1 Å². The molecule has 1 amide bonds. The van der Waals surface area contributed by atoms with Gasteiger partial charge in [-0.25, -0.2) is 4.99 Å². The fourth-order valence-electron chi connectivity index (χ4n) is 3.26. The second kappa shape index (κ2) is 10.1. The van der Waals surface area contributed by atoms with Gasteiger partial charge in [0.2, 0.25) is 5.91 Å². The average Bonchev–Trinajstić information content (AvgIpc) is 3.09. The minimum Gasteiger partial charge on any atom is -0.357 e. The molecule has 0 aliphatic carbocycles. The van der Waals surface area contributed by atoms with Crippen LogP contribution in [0.3, 0.4) is 0 Å². The highest BCUT2D eigenvalue weighted by Crippen LogP contribution is 2.15. The van der Waals surface area contributed by atoms with Gasteiger partial charge >= 0.3 is 0 Å². The van der Waals surface area contributed by atoms with Gasteiger partial charge in [-0.2, -0.15) is 0 Å². The minimum absolute atomic E-state index is 0.253. The van der Waals surface area contributed by atoms with Gasteiger partial charge in [0, 0.05) is 37.6 Å². The van der Waals surface area contributed by atoms with Gasteiger partial charge in [0.1, 0.15) is 0 Å². The molecule has 1 aliphatic heterocycles. The van der Waals surface area contributed by atoms with Gasteiger partial charge in [-0.15, -0.1) is 0 Å². The van der Waals surface area contributed by atoms with E-state index in [4.69, 9.17) is 11.6 Å². The summed E-state index contributed by atoms with van der Waals surface area (Å²) >= 11 is 6.05. The lowest BCUT2D eigenvalue weighted by atomic mass is 10.1. The first-order valence-electron chi connectivity index (χ1n) is 9.76. The summed E-state index contributed by atoms with van der Waals surface area (Å²) in [6, 6.07) is 16.1. The Kier molecular flexibility index (Phi) is 7.31. The van der Waals surface area contributed by atoms with E-state index in [2.05, 4.69) is 33.8 Å². The summed E-state index contributed by atoms with van der Waals surface area (Å²) in [7, 11) is 0. The zero-order valence-corrected chi connectivity index (χ0v) is 17.0. The molecular weight excluding hydrogens is 372 g/mol. The van der Waals surface area contributed by atoms with Gasteiger partial charge < -0.3 is 15.5 Å². The maximum Gasteiger partial charge on any atom is 0.222 e. The number of carbonyl (C=O) groups excluding carboxylic acids is 1. The van der Waals surface area contributed by atoms with E-state index in [-0.39, 0.29) is 5.91 Å². The molecule has 0 radical (unpaired) electrons. The Morgan fingerprint density at radius 2 is 1.89 bits per heavy atom. The van der Waals surface area contributed by atoms with Crippen LogP contribution in [0.2, 0.25) is 5.02 Å². The van der Waals surface area contributed by atoms with E-state index in [1.807, 2.05) is 42.2 Å². The van der Waals surface area contributed by atoms with Crippen LogP contribution in [-0.2, 0) is 24.4 Å². The highest BCUT2D eigenvalue weighted by atomic mass is 35.5. The van der Waals surface area contributed by atoms with E-state index < -0.39 is 0 Å². The van der Waals surface area contributed by atoms with Crippen molar-refractivity contribution in [1.29, 1.82) is 0 Å². The van der Waals surface area contributed by atoms with Crippen molar-refractivity contribution in [2.24, 2.45) is 4.99 Å². The van der Waals surface area contributed by atoms with E-state index in [1.54, 1.807) is 0 Å². The van der Waals surface area contributed by atoms with Crippen molar-refractivity contribution in [3.63, 3.8) is 0 Å². The summed E-state index contributed by atoms with van der Waals surface area (Å²) in [6.45, 7) is 5.61. The second-order valence-corrected chi connectivity index (χ2v) is 7.35. The van der Waals surface area contributed by atoms with E-state index in [1.165, 1.54) is 0 Å². The number of likely N-dealkylation sites (tertiary alicyclic amines) is 1. The zero-order chi connectivity index (χ0) is 19.8. The largest absolute Gasteiger partial charge is 0.357 e. The summed E-state index contributed by atoms with van der Waals surface area (Å²) in [5.41, 5.74) is 3.39. The summed E-state index contributed by atoms with van der Waals surface area (Å²) in [4.78, 5) is 18.5. The van der Waals surface area contributed by atoms with Crippen molar-refractivity contribution in [2.45, 2.75) is 39.4 Å². The van der Waals surface area contributed by atoms with Crippen LogP contribution >= 0.6 is 11.6 Å². The smallest absolute Gasteiger partial charge is 0.222 e. The number of nitrogens with zero attached hydrogens (tertiary/aromatic N) is 2. The highest BCUT2D eigenvalue weighted by Gasteiger charge is 2.19. The molecule has 0 bridgehead atoms. The first-order valence-corrected chi connectivity index (χ1v) is 10.1. The van der Waals surface area contributed by atoms with Crippen molar-refractivity contribution in [3.05, 3.63) is 70.2 Å². The maximum atomic E-state index is 11.8. The van der Waals surface area contributed by atoms with Gasteiger partial charge in [-0.3, -0.25) is 4.79 Å². The maximum absolute atomic E-state index is 11.8. The number of halogens is 1. The molecule has 148 valence electrons. The predicted molar refractivity (Wildman–Crippen MR) is 114 cm³/mol. The van der Waals surface area contributed by atoms with Gasteiger partial charge in [0.25, 0.3) is 0 Å². The Morgan fingerprint density at radius 1 is 1.11 bits per heavy atom. The molecular formula is C22H27ClN4O. The van der Waals surface area contributed by atoms with Crippen LogP contribution in [0.1, 0.15) is 36.5 Å². The number of hydrogen-bond acceptors (Lipinski definition) is 2. The number of rotatable bonds is 7. The lowest BCUT2D eigenvalue weighted by Gasteiger charge is -2.16. The van der Waals surface area contributed by atoms with Crippen molar-refractivity contribution in [1.82, 2.24) is 15.5 Å². The lowest BCUT2D eigenvalue weighted by Crippen LogP contribution is -2.36. The summed E-state index contributed by atoms with van der Waals surface area (Å²) in [6.07, 6.45) is 1.64. The number of nitrogens with one attached hydrogen (secondary N) is 2. The molecule has 2 aromatic rings. The summed E-state index contributed by atoms with van der Waals surface area (Å²) < 4.78 is 0. The Labute approximate surface area is 171 Å². The summed E-state index contributed by atoms with van der Waals surface area (Å²) in [5, 5.41) is 7.34. The van der Waals surface area contributed by atoms with Gasteiger partial charge in [-0.1, -0.05) is 48.0 Å². The highest BCUT2D eigenvalue weighted by molar-refractivity contribution is 6.30. The van der Waals surface area contributed by atoms with Crippen LogP contribution in [-0.4, -0.2) is 29.9 Å². The van der Waals surface area contributed by atoms with Crippen LogP contribution in [0.5, 0.6) is 0 Å². The fraction of sp³-hybridized carbons (Fsp3) is 0.364. The number of carbonyl (C=O) groups is 1. The predicted octanol–water partition coefficient (Wildman–Crippen LogP) is 3.72. The molecule has 0 saturated carbocycles. The van der Waals surface area contributed by atoms with Gasteiger partial charge in [0.05, 0.1) is 6.54 Å². The van der Waals surface area contributed by atoms with Crippen LogP contribution in [0.4, 0.5) is 0 Å². The van der Waals surface area contributed by atoms with Crippen LogP contribution < -0.4 is 10.6 Å². The van der Waals surface area contributed by atoms with Crippen molar-refractivity contribution >= 4 is 23.5 Å². The molecule has 1 saturated heterocycles. The normalized spacial score (nSPS) is 14.4. The lowest BCUT2D eigenvalue weighted by molar-refractivity contribution is -0.128. The van der Waals surface area contributed by atoms with E-state index >= 15 is 0 Å².